The van der Waals surface area contributed by atoms with Gasteiger partial charge in [-0.05, 0) is 74.9 Å². The van der Waals surface area contributed by atoms with Crippen LogP contribution >= 0.6 is 0 Å². The monoisotopic (exact) mass is 573 g/mol. The molecule has 0 aliphatic carbocycles. The maximum absolute atomic E-state index is 14.8. The molecule has 42 heavy (non-hydrogen) atoms. The van der Waals surface area contributed by atoms with E-state index >= 15 is 0 Å². The van der Waals surface area contributed by atoms with E-state index in [1.54, 1.807) is 26.8 Å². The Kier molecular flexibility index (Phi) is 7.66. The van der Waals surface area contributed by atoms with Crippen molar-refractivity contribution in [3.8, 4) is 16.9 Å². The summed E-state index contributed by atoms with van der Waals surface area (Å²) in [5.41, 5.74) is 6.09. The number of fused-ring (bicyclic) bond motifs is 1. The van der Waals surface area contributed by atoms with Gasteiger partial charge in [0.15, 0.2) is 11.6 Å². The molecule has 1 unspecified atom stereocenters. The lowest BCUT2D eigenvalue weighted by Crippen LogP contribution is -2.19. The third kappa shape index (κ3) is 5.53. The number of hydrogen-bond acceptors (Lipinski definition) is 8. The molecule has 2 aromatic heterocycles. The van der Waals surface area contributed by atoms with Crippen LogP contribution in [-0.2, 0) is 0 Å². The number of nitrogens with two attached hydrogens (primary N) is 1. The van der Waals surface area contributed by atoms with E-state index in [2.05, 4.69) is 15.3 Å². The van der Waals surface area contributed by atoms with Crippen LogP contribution in [0.25, 0.3) is 22.1 Å². The van der Waals surface area contributed by atoms with Gasteiger partial charge in [-0.25, -0.2) is 23.1 Å². The number of aromatic nitrogens is 2. The Morgan fingerprint density at radius 3 is 2.48 bits per heavy atom. The molecule has 8 nitrogen and oxygen atoms in total. The summed E-state index contributed by atoms with van der Waals surface area (Å²) in [5, 5.41) is 11.9. The number of nitrogens with zero attached hydrogens (tertiary/aromatic N) is 2. The predicted octanol–water partition coefficient (Wildman–Crippen LogP) is 6.63. The van der Waals surface area contributed by atoms with Gasteiger partial charge in [0.25, 0.3) is 0 Å². The van der Waals surface area contributed by atoms with Crippen LogP contribution < -0.4 is 21.2 Å². The van der Waals surface area contributed by atoms with Gasteiger partial charge in [-0.3, -0.25) is 10.2 Å². The van der Waals surface area contributed by atoms with Gasteiger partial charge in [-0.15, -0.1) is 0 Å². The number of nitrogens with one attached hydrogen (secondary N) is 2. The third-order valence-corrected chi connectivity index (χ3v) is 6.45. The highest BCUT2D eigenvalue weighted by molar-refractivity contribution is 6.16. The molecule has 0 bridgehead atoms. The fourth-order valence-corrected chi connectivity index (χ4v) is 4.58. The summed E-state index contributed by atoms with van der Waals surface area (Å²) in [5.74, 6) is -1.64. The van der Waals surface area contributed by atoms with Crippen LogP contribution in [0.15, 0.2) is 76.2 Å². The van der Waals surface area contributed by atoms with Crippen molar-refractivity contribution in [1.29, 1.82) is 5.41 Å². The molecule has 0 aliphatic rings. The van der Waals surface area contributed by atoms with Crippen LogP contribution in [-0.4, -0.2) is 21.8 Å². The summed E-state index contributed by atoms with van der Waals surface area (Å²) in [6, 6.07) is 12.3. The second-order valence-electron chi connectivity index (χ2n) is 9.86. The molecule has 2 heterocycles. The van der Waals surface area contributed by atoms with Gasteiger partial charge in [0.05, 0.1) is 34.4 Å². The normalized spacial score (nSPS) is 12.0. The minimum atomic E-state index is -0.801. The molecule has 4 N–H and O–H groups in total. The summed E-state index contributed by atoms with van der Waals surface area (Å²) >= 11 is 0. The molecule has 11 heteroatoms. The van der Waals surface area contributed by atoms with E-state index in [1.807, 2.05) is 0 Å². The Morgan fingerprint density at radius 2 is 1.76 bits per heavy atom. The first-order chi connectivity index (χ1) is 20.0. The molecule has 0 aliphatic heterocycles. The number of halogens is 3. The first-order valence-electron chi connectivity index (χ1n) is 13.0. The summed E-state index contributed by atoms with van der Waals surface area (Å²) in [6.07, 6.45) is 0.945. The van der Waals surface area contributed by atoms with E-state index in [1.165, 1.54) is 42.7 Å². The number of hydrogen-bond donors (Lipinski definition) is 3. The second-order valence-corrected chi connectivity index (χ2v) is 9.86. The van der Waals surface area contributed by atoms with Crippen LogP contribution in [0.2, 0.25) is 0 Å². The summed E-state index contributed by atoms with van der Waals surface area (Å²) < 4.78 is 54.5. The highest BCUT2D eigenvalue weighted by atomic mass is 19.1. The molecule has 5 aromatic rings. The Hall–Kier alpha value is -5.19. The third-order valence-electron chi connectivity index (χ3n) is 6.45. The van der Waals surface area contributed by atoms with E-state index in [-0.39, 0.29) is 68.2 Å². The van der Waals surface area contributed by atoms with Gasteiger partial charge in [0.1, 0.15) is 40.9 Å². The Balaban J connectivity index is 1.59. The van der Waals surface area contributed by atoms with Gasteiger partial charge in [-0.2, -0.15) is 0 Å². The zero-order chi connectivity index (χ0) is 30.1. The molecule has 5 rings (SSSR count). The van der Waals surface area contributed by atoms with E-state index in [0.717, 1.165) is 18.2 Å². The van der Waals surface area contributed by atoms with Crippen molar-refractivity contribution in [3.05, 3.63) is 112 Å². The average molecular weight is 574 g/mol. The van der Waals surface area contributed by atoms with Gasteiger partial charge < -0.3 is 20.2 Å². The molecule has 0 radical (unpaired) electrons. The van der Waals surface area contributed by atoms with Crippen LogP contribution in [0.5, 0.6) is 5.75 Å². The van der Waals surface area contributed by atoms with Gasteiger partial charge in [0, 0.05) is 5.56 Å². The largest absolute Gasteiger partial charge is 0.488 e. The highest BCUT2D eigenvalue weighted by Gasteiger charge is 2.25. The van der Waals surface area contributed by atoms with Crippen molar-refractivity contribution in [3.63, 3.8) is 0 Å². The molecular weight excluding hydrogens is 547 g/mol. The molecule has 3 aromatic carbocycles. The quantitative estimate of drug-likeness (QED) is 0.178. The van der Waals surface area contributed by atoms with Gasteiger partial charge in [0.2, 0.25) is 5.43 Å². The molecule has 1 atom stereocenters. The molecule has 0 saturated carbocycles. The van der Waals surface area contributed by atoms with Gasteiger partial charge in [-0.1, -0.05) is 12.1 Å². The minimum Gasteiger partial charge on any atom is -0.488 e. The lowest BCUT2D eigenvalue weighted by atomic mass is 9.98. The van der Waals surface area contributed by atoms with Crippen LogP contribution in [0.3, 0.4) is 0 Å². The predicted molar refractivity (Wildman–Crippen MR) is 154 cm³/mol. The maximum Gasteiger partial charge on any atom is 0.200 e. The zero-order valence-corrected chi connectivity index (χ0v) is 22.8. The lowest BCUT2D eigenvalue weighted by molar-refractivity contribution is 0.231. The van der Waals surface area contributed by atoms with E-state index in [9.17, 15) is 18.0 Å². The molecule has 214 valence electrons. The maximum atomic E-state index is 14.8. The van der Waals surface area contributed by atoms with E-state index in [0.29, 0.717) is 0 Å². The van der Waals surface area contributed by atoms with Crippen molar-refractivity contribution in [2.75, 3.05) is 11.1 Å². The van der Waals surface area contributed by atoms with Crippen molar-refractivity contribution in [1.82, 2.24) is 9.97 Å². The van der Waals surface area contributed by atoms with Crippen LogP contribution in [0, 0.1) is 22.9 Å². The summed E-state index contributed by atoms with van der Waals surface area (Å²) in [4.78, 5) is 21.9. The molecule has 0 amide bonds. The first-order valence-corrected chi connectivity index (χ1v) is 13.0. The van der Waals surface area contributed by atoms with Crippen molar-refractivity contribution in [2.24, 2.45) is 0 Å². The number of anilines is 2. The smallest absolute Gasteiger partial charge is 0.200 e. The van der Waals surface area contributed by atoms with E-state index < -0.39 is 28.9 Å². The SMILES string of the molecule is CC(C)Oc1ccc(C(=N)c2c(N)ncnc2NC(C)c2oc3ccc(F)cc3c(=O)c2-c2cccc(F)c2)cc1F. The van der Waals surface area contributed by atoms with Gasteiger partial charge >= 0.3 is 0 Å². The Labute approximate surface area is 238 Å². The number of benzene rings is 3. The Morgan fingerprint density at radius 1 is 1.00 bits per heavy atom. The Bertz CT molecular complexity index is 1890. The molecule has 0 saturated heterocycles. The van der Waals surface area contributed by atoms with Crippen LogP contribution in [0.4, 0.5) is 24.8 Å². The van der Waals surface area contributed by atoms with Crippen molar-refractivity contribution < 1.29 is 22.3 Å². The highest BCUT2D eigenvalue weighted by Crippen LogP contribution is 2.33. The molecular formula is C31H26F3N5O3. The molecule has 0 fully saturated rings. The summed E-state index contributed by atoms with van der Waals surface area (Å²) in [7, 11) is 0. The minimum absolute atomic E-state index is 0.00845. The first kappa shape index (κ1) is 28.3. The van der Waals surface area contributed by atoms with Crippen molar-refractivity contribution >= 4 is 28.3 Å². The number of ether oxygens (including phenoxy) is 1. The number of nitrogen functional groups attached to an aromatic ring is 1. The number of rotatable bonds is 8. The van der Waals surface area contributed by atoms with Crippen LogP contribution in [0.1, 0.15) is 43.7 Å². The molecule has 0 spiro atoms. The topological polar surface area (TPSA) is 127 Å². The fourth-order valence-electron chi connectivity index (χ4n) is 4.58. The van der Waals surface area contributed by atoms with E-state index in [4.69, 9.17) is 20.3 Å². The second kappa shape index (κ2) is 11.4. The standard InChI is InChI=1S/C31H26F3N5O3/c1-15(2)41-24-9-7-18(12-22(24)34)27(35)26-30(36)37-14-38-31(26)39-16(3)29-25(17-5-4-6-19(32)11-17)28(40)21-13-20(33)8-10-23(21)42-29/h4-16,35H,1-3H3,(H3,36,37,38,39). The fraction of sp³-hybridized carbons (Fsp3) is 0.161. The summed E-state index contributed by atoms with van der Waals surface area (Å²) in [6.45, 7) is 5.21. The average Bonchev–Trinajstić information content (AvgIpc) is 2.94. The lowest BCUT2D eigenvalue weighted by Gasteiger charge is -2.20. The van der Waals surface area contributed by atoms with Crippen molar-refractivity contribution in [2.45, 2.75) is 32.9 Å². The zero-order valence-electron chi connectivity index (χ0n) is 22.8.